The molecule has 2 atom stereocenters. The second kappa shape index (κ2) is 5.13. The number of carbonyl (C=O) groups is 1. The number of carbonyl (C=O) groups excluding carboxylic acids is 1. The van der Waals surface area contributed by atoms with Crippen LogP contribution in [0.25, 0.3) is 0 Å². The third-order valence-electron chi connectivity index (χ3n) is 3.24. The van der Waals surface area contributed by atoms with Crippen LogP contribution in [0.15, 0.2) is 11.4 Å². The Kier molecular flexibility index (Phi) is 3.87. The van der Waals surface area contributed by atoms with Crippen molar-refractivity contribution in [3.8, 4) is 0 Å². The van der Waals surface area contributed by atoms with Crippen LogP contribution in [-0.4, -0.2) is 40.9 Å². The maximum absolute atomic E-state index is 12.0. The highest BCUT2D eigenvalue weighted by atomic mass is 32.1. The normalized spacial score (nSPS) is 23.7. The Labute approximate surface area is 118 Å². The summed E-state index contributed by atoms with van der Waals surface area (Å²) in [6, 6.07) is 2.03. The highest BCUT2D eigenvalue weighted by Gasteiger charge is 2.37. The summed E-state index contributed by atoms with van der Waals surface area (Å²) in [7, 11) is 0. The number of β-amino-alcohol motifs (C(OH)–C–C–N with tert-alkyl or cyclic N) is 1. The van der Waals surface area contributed by atoms with Gasteiger partial charge in [0.05, 0.1) is 12.6 Å². The van der Waals surface area contributed by atoms with E-state index in [9.17, 15) is 9.90 Å². The third-order valence-corrected chi connectivity index (χ3v) is 4.10. The molecule has 1 saturated heterocycles. The van der Waals surface area contributed by atoms with Crippen molar-refractivity contribution in [2.75, 3.05) is 13.1 Å². The van der Waals surface area contributed by atoms with Gasteiger partial charge in [-0.2, -0.15) is 0 Å². The van der Waals surface area contributed by atoms with Crippen LogP contribution < -0.4 is 0 Å². The molecule has 0 radical (unpaired) electrons. The van der Waals surface area contributed by atoms with Gasteiger partial charge in [0.2, 0.25) is 0 Å². The molecule has 1 fully saturated rings. The molecule has 1 amide bonds. The van der Waals surface area contributed by atoms with Crippen molar-refractivity contribution >= 4 is 17.4 Å². The summed E-state index contributed by atoms with van der Waals surface area (Å²) < 4.78 is 5.34. The van der Waals surface area contributed by atoms with Crippen molar-refractivity contribution in [1.82, 2.24) is 4.90 Å². The van der Waals surface area contributed by atoms with E-state index in [-0.39, 0.29) is 12.0 Å². The first-order valence-electron chi connectivity index (χ1n) is 6.48. The molecule has 1 aliphatic rings. The maximum Gasteiger partial charge on any atom is 0.410 e. The number of hydrogen-bond acceptors (Lipinski definition) is 4. The number of thiophene rings is 1. The van der Waals surface area contributed by atoms with Gasteiger partial charge in [-0.15, -0.1) is 11.3 Å². The van der Waals surface area contributed by atoms with Gasteiger partial charge in [0.1, 0.15) is 5.60 Å². The minimum absolute atomic E-state index is 0.00114. The Morgan fingerprint density at radius 1 is 1.47 bits per heavy atom. The van der Waals surface area contributed by atoms with E-state index in [1.54, 1.807) is 16.2 Å². The number of amides is 1. The molecular weight excluding hydrogens is 262 g/mol. The molecule has 0 aliphatic carbocycles. The van der Waals surface area contributed by atoms with Crippen LogP contribution in [0.4, 0.5) is 4.79 Å². The molecule has 1 aromatic rings. The molecule has 1 aromatic heterocycles. The zero-order valence-corrected chi connectivity index (χ0v) is 12.7. The molecule has 1 aliphatic heterocycles. The predicted molar refractivity (Wildman–Crippen MR) is 75.6 cm³/mol. The minimum Gasteiger partial charge on any atom is -0.444 e. The zero-order chi connectivity index (χ0) is 14.2. The Hall–Kier alpha value is -1.07. The van der Waals surface area contributed by atoms with E-state index >= 15 is 0 Å². The zero-order valence-electron chi connectivity index (χ0n) is 11.8. The highest BCUT2D eigenvalue weighted by molar-refractivity contribution is 7.10. The van der Waals surface area contributed by atoms with Crippen LogP contribution in [0.2, 0.25) is 0 Å². The average Bonchev–Trinajstić information content (AvgIpc) is 2.82. The summed E-state index contributed by atoms with van der Waals surface area (Å²) in [5, 5.41) is 12.2. The maximum atomic E-state index is 12.0. The fraction of sp³-hybridized carbons (Fsp3) is 0.643. The Morgan fingerprint density at radius 3 is 2.68 bits per heavy atom. The first-order chi connectivity index (χ1) is 8.78. The van der Waals surface area contributed by atoms with Crippen molar-refractivity contribution < 1.29 is 14.6 Å². The molecule has 106 valence electrons. The van der Waals surface area contributed by atoms with E-state index in [1.807, 2.05) is 39.1 Å². The van der Waals surface area contributed by atoms with Gasteiger partial charge in [-0.3, -0.25) is 0 Å². The molecule has 5 heteroatoms. The standard InChI is InChI=1S/C14H21NO3S/c1-9-10(5-6-19-9)11-7-15(8-12(11)16)13(17)18-14(2,3)4/h5-6,11-12,16H,7-8H2,1-4H3/t11-,12+/m0/s1. The lowest BCUT2D eigenvalue weighted by Crippen LogP contribution is -2.35. The van der Waals surface area contributed by atoms with Crippen LogP contribution in [0.5, 0.6) is 0 Å². The lowest BCUT2D eigenvalue weighted by molar-refractivity contribution is 0.0270. The smallest absolute Gasteiger partial charge is 0.410 e. The number of hydrogen-bond donors (Lipinski definition) is 1. The van der Waals surface area contributed by atoms with Crippen LogP contribution >= 0.6 is 11.3 Å². The Balaban J connectivity index is 2.06. The van der Waals surface area contributed by atoms with Gasteiger partial charge in [-0.25, -0.2) is 4.79 Å². The van der Waals surface area contributed by atoms with Crippen molar-refractivity contribution in [3.05, 3.63) is 21.9 Å². The number of aliphatic hydroxyl groups excluding tert-OH is 1. The minimum atomic E-state index is -0.513. The number of nitrogens with zero attached hydrogens (tertiary/aromatic N) is 1. The van der Waals surface area contributed by atoms with Gasteiger partial charge < -0.3 is 14.7 Å². The van der Waals surface area contributed by atoms with E-state index in [1.165, 1.54) is 4.88 Å². The number of aryl methyl sites for hydroxylation is 1. The second-order valence-corrected chi connectivity index (χ2v) is 7.11. The summed E-state index contributed by atoms with van der Waals surface area (Å²) in [6.45, 7) is 8.44. The summed E-state index contributed by atoms with van der Waals surface area (Å²) in [6.07, 6.45) is -0.859. The summed E-state index contributed by atoms with van der Waals surface area (Å²) in [4.78, 5) is 14.8. The van der Waals surface area contributed by atoms with Crippen LogP contribution in [-0.2, 0) is 4.74 Å². The predicted octanol–water partition coefficient (Wildman–Crippen LogP) is 2.75. The summed E-state index contributed by atoms with van der Waals surface area (Å²) in [5.41, 5.74) is 0.641. The van der Waals surface area contributed by atoms with E-state index in [2.05, 4.69) is 0 Å². The SMILES string of the molecule is Cc1sccc1[C@@H]1CN(C(=O)OC(C)(C)C)C[C@H]1O. The highest BCUT2D eigenvalue weighted by Crippen LogP contribution is 2.32. The van der Waals surface area contributed by atoms with E-state index in [4.69, 9.17) is 4.74 Å². The van der Waals surface area contributed by atoms with Crippen molar-refractivity contribution in [1.29, 1.82) is 0 Å². The first kappa shape index (κ1) is 14.3. The average molecular weight is 283 g/mol. The Bertz CT molecular complexity index is 464. The lowest BCUT2D eigenvalue weighted by Gasteiger charge is -2.24. The first-order valence-corrected chi connectivity index (χ1v) is 7.36. The molecule has 0 saturated carbocycles. The number of likely N-dealkylation sites (tertiary alicyclic amines) is 1. The van der Waals surface area contributed by atoms with Gasteiger partial charge in [0, 0.05) is 17.3 Å². The number of rotatable bonds is 1. The summed E-state index contributed by atoms with van der Waals surface area (Å²) in [5.74, 6) is -0.00114. The van der Waals surface area contributed by atoms with Crippen molar-refractivity contribution in [2.45, 2.75) is 45.3 Å². The topological polar surface area (TPSA) is 49.8 Å². The molecule has 1 N–H and O–H groups in total. The van der Waals surface area contributed by atoms with E-state index in [0.29, 0.717) is 13.1 Å². The summed E-state index contributed by atoms with van der Waals surface area (Å²) >= 11 is 1.67. The quantitative estimate of drug-likeness (QED) is 0.862. The molecule has 2 heterocycles. The largest absolute Gasteiger partial charge is 0.444 e. The van der Waals surface area contributed by atoms with Crippen LogP contribution in [0.3, 0.4) is 0 Å². The van der Waals surface area contributed by atoms with Crippen LogP contribution in [0.1, 0.15) is 37.1 Å². The molecule has 0 spiro atoms. The van der Waals surface area contributed by atoms with E-state index in [0.717, 1.165) is 5.56 Å². The van der Waals surface area contributed by atoms with Gasteiger partial charge in [-0.05, 0) is 44.7 Å². The molecule has 2 rings (SSSR count). The molecule has 0 aromatic carbocycles. The van der Waals surface area contributed by atoms with Gasteiger partial charge >= 0.3 is 6.09 Å². The number of ether oxygens (including phenoxy) is 1. The molecule has 19 heavy (non-hydrogen) atoms. The van der Waals surface area contributed by atoms with Gasteiger partial charge in [-0.1, -0.05) is 0 Å². The van der Waals surface area contributed by atoms with Crippen LogP contribution in [0, 0.1) is 6.92 Å². The fourth-order valence-corrected chi connectivity index (χ4v) is 3.12. The molecule has 4 nitrogen and oxygen atoms in total. The lowest BCUT2D eigenvalue weighted by atomic mass is 9.97. The monoisotopic (exact) mass is 283 g/mol. The van der Waals surface area contributed by atoms with Gasteiger partial charge in [0.25, 0.3) is 0 Å². The number of aliphatic hydroxyl groups is 1. The van der Waals surface area contributed by atoms with Crippen molar-refractivity contribution in [3.63, 3.8) is 0 Å². The van der Waals surface area contributed by atoms with Crippen molar-refractivity contribution in [2.24, 2.45) is 0 Å². The van der Waals surface area contributed by atoms with Gasteiger partial charge in [0.15, 0.2) is 0 Å². The molecular formula is C14H21NO3S. The van der Waals surface area contributed by atoms with E-state index < -0.39 is 11.7 Å². The molecule has 0 bridgehead atoms. The molecule has 0 unspecified atom stereocenters. The second-order valence-electron chi connectivity index (χ2n) is 5.99. The Morgan fingerprint density at radius 2 is 2.16 bits per heavy atom. The fourth-order valence-electron chi connectivity index (χ4n) is 2.35. The third kappa shape index (κ3) is 3.28.